The maximum absolute atomic E-state index is 5.35. The summed E-state index contributed by atoms with van der Waals surface area (Å²) in [6.45, 7) is 6.64. The SMILES string of the molecule is CC.CC1=C(Cc2ccccc2)COOc2ccccc21. The highest BCUT2D eigenvalue weighted by atomic mass is 17.2. The zero-order valence-electron chi connectivity index (χ0n) is 12.9. The molecular formula is C19H22O2. The van der Waals surface area contributed by atoms with Gasteiger partial charge in [0, 0.05) is 5.56 Å². The van der Waals surface area contributed by atoms with Gasteiger partial charge in [0.25, 0.3) is 0 Å². The van der Waals surface area contributed by atoms with Gasteiger partial charge in [0.2, 0.25) is 0 Å². The first-order valence-corrected chi connectivity index (χ1v) is 7.46. The van der Waals surface area contributed by atoms with Gasteiger partial charge < -0.3 is 4.89 Å². The molecule has 2 nitrogen and oxygen atoms in total. The van der Waals surface area contributed by atoms with Crippen molar-refractivity contribution in [1.29, 1.82) is 0 Å². The maximum Gasteiger partial charge on any atom is 0.172 e. The van der Waals surface area contributed by atoms with Crippen molar-refractivity contribution in [2.75, 3.05) is 6.61 Å². The van der Waals surface area contributed by atoms with E-state index in [-0.39, 0.29) is 0 Å². The number of hydrogen-bond acceptors (Lipinski definition) is 2. The summed E-state index contributed by atoms with van der Waals surface area (Å²) in [6, 6.07) is 18.4. The van der Waals surface area contributed by atoms with Crippen LogP contribution in [0.2, 0.25) is 0 Å². The molecule has 3 rings (SSSR count). The molecule has 0 amide bonds. The summed E-state index contributed by atoms with van der Waals surface area (Å²) in [5.41, 5.74) is 4.92. The number of allylic oxidation sites excluding steroid dienone is 1. The highest BCUT2D eigenvalue weighted by Gasteiger charge is 2.15. The Morgan fingerprint density at radius 1 is 0.905 bits per heavy atom. The monoisotopic (exact) mass is 282 g/mol. The Labute approximate surface area is 127 Å². The van der Waals surface area contributed by atoms with Gasteiger partial charge in [-0.1, -0.05) is 62.4 Å². The van der Waals surface area contributed by atoms with Crippen molar-refractivity contribution in [3.63, 3.8) is 0 Å². The standard InChI is InChI=1S/C17H16O2.C2H6/c1-13-15(11-14-7-3-2-4-8-14)12-18-19-17-10-6-5-9-16(13)17;1-2/h2-10H,11-12H2,1H3;1-2H3. The summed E-state index contributed by atoms with van der Waals surface area (Å²) >= 11 is 0. The van der Waals surface area contributed by atoms with Crippen LogP contribution in [-0.4, -0.2) is 6.61 Å². The van der Waals surface area contributed by atoms with Crippen LogP contribution in [0.3, 0.4) is 0 Å². The first kappa shape index (κ1) is 15.3. The molecular weight excluding hydrogens is 260 g/mol. The molecule has 21 heavy (non-hydrogen) atoms. The summed E-state index contributed by atoms with van der Waals surface area (Å²) in [5, 5.41) is 0. The summed E-state index contributed by atoms with van der Waals surface area (Å²) < 4.78 is 0. The molecule has 0 bridgehead atoms. The molecule has 2 aromatic carbocycles. The third kappa shape index (κ3) is 3.73. The Morgan fingerprint density at radius 2 is 1.57 bits per heavy atom. The van der Waals surface area contributed by atoms with Crippen molar-refractivity contribution >= 4 is 5.57 Å². The molecule has 1 aliphatic heterocycles. The second kappa shape index (κ2) is 7.65. The second-order valence-corrected chi connectivity index (χ2v) is 4.73. The van der Waals surface area contributed by atoms with Crippen molar-refractivity contribution in [2.45, 2.75) is 27.2 Å². The van der Waals surface area contributed by atoms with Crippen LogP contribution in [0.5, 0.6) is 5.75 Å². The normalized spacial score (nSPS) is 13.5. The van der Waals surface area contributed by atoms with Crippen LogP contribution in [0, 0.1) is 0 Å². The van der Waals surface area contributed by atoms with Crippen LogP contribution < -0.4 is 4.89 Å². The lowest BCUT2D eigenvalue weighted by atomic mass is 9.96. The van der Waals surface area contributed by atoms with E-state index in [4.69, 9.17) is 9.78 Å². The topological polar surface area (TPSA) is 18.5 Å². The van der Waals surface area contributed by atoms with E-state index >= 15 is 0 Å². The molecule has 1 heterocycles. The van der Waals surface area contributed by atoms with Gasteiger partial charge in [0.1, 0.15) is 6.61 Å². The maximum atomic E-state index is 5.35. The molecule has 0 saturated carbocycles. The molecule has 2 aromatic rings. The molecule has 0 atom stereocenters. The Morgan fingerprint density at radius 3 is 2.33 bits per heavy atom. The Bertz CT molecular complexity index is 600. The third-order valence-corrected chi connectivity index (χ3v) is 3.46. The second-order valence-electron chi connectivity index (χ2n) is 4.73. The van der Waals surface area contributed by atoms with Gasteiger partial charge in [-0.25, -0.2) is 0 Å². The molecule has 0 N–H and O–H groups in total. The molecule has 110 valence electrons. The smallest absolute Gasteiger partial charge is 0.172 e. The van der Waals surface area contributed by atoms with Gasteiger partial charge in [-0.15, -0.1) is 0 Å². The fourth-order valence-electron chi connectivity index (χ4n) is 2.34. The van der Waals surface area contributed by atoms with Crippen LogP contribution in [0.1, 0.15) is 31.9 Å². The molecule has 1 aliphatic rings. The largest absolute Gasteiger partial charge is 0.337 e. The van der Waals surface area contributed by atoms with Crippen molar-refractivity contribution in [1.82, 2.24) is 0 Å². The van der Waals surface area contributed by atoms with E-state index in [1.807, 2.05) is 38.1 Å². The van der Waals surface area contributed by atoms with E-state index < -0.39 is 0 Å². The average molecular weight is 282 g/mol. The first-order chi connectivity index (χ1) is 10.3. The predicted molar refractivity (Wildman–Crippen MR) is 87.1 cm³/mol. The number of benzene rings is 2. The minimum atomic E-state index is 0.509. The van der Waals surface area contributed by atoms with Gasteiger partial charge in [-0.3, -0.25) is 0 Å². The van der Waals surface area contributed by atoms with E-state index in [9.17, 15) is 0 Å². The van der Waals surface area contributed by atoms with Gasteiger partial charge >= 0.3 is 0 Å². The van der Waals surface area contributed by atoms with Crippen LogP contribution in [0.4, 0.5) is 0 Å². The molecule has 0 saturated heterocycles. The fourth-order valence-corrected chi connectivity index (χ4v) is 2.34. The summed E-state index contributed by atoms with van der Waals surface area (Å²) in [6.07, 6.45) is 0.893. The zero-order chi connectivity index (χ0) is 15.1. The Hall–Kier alpha value is -2.06. The van der Waals surface area contributed by atoms with Crippen LogP contribution in [0.15, 0.2) is 60.2 Å². The molecule has 0 spiro atoms. The van der Waals surface area contributed by atoms with Gasteiger partial charge in [0.15, 0.2) is 5.75 Å². The van der Waals surface area contributed by atoms with Gasteiger partial charge in [0.05, 0.1) is 0 Å². The van der Waals surface area contributed by atoms with Crippen molar-refractivity contribution in [3.8, 4) is 5.75 Å². The van der Waals surface area contributed by atoms with E-state index in [2.05, 4.69) is 37.3 Å². The van der Waals surface area contributed by atoms with Crippen molar-refractivity contribution in [3.05, 3.63) is 71.3 Å². The van der Waals surface area contributed by atoms with Gasteiger partial charge in [-0.2, -0.15) is 4.89 Å². The molecule has 0 unspecified atom stereocenters. The van der Waals surface area contributed by atoms with Crippen molar-refractivity contribution in [2.24, 2.45) is 0 Å². The Balaban J connectivity index is 0.000000774. The zero-order valence-corrected chi connectivity index (χ0v) is 12.9. The molecule has 0 fully saturated rings. The van der Waals surface area contributed by atoms with Crippen LogP contribution in [-0.2, 0) is 11.3 Å². The minimum absolute atomic E-state index is 0.509. The molecule has 0 aliphatic carbocycles. The highest BCUT2D eigenvalue weighted by Crippen LogP contribution is 2.31. The van der Waals surface area contributed by atoms with Gasteiger partial charge in [-0.05, 0) is 36.1 Å². The average Bonchev–Trinajstić information content (AvgIpc) is 2.71. The van der Waals surface area contributed by atoms with Crippen molar-refractivity contribution < 1.29 is 9.78 Å². The van der Waals surface area contributed by atoms with E-state index in [1.54, 1.807) is 0 Å². The van der Waals surface area contributed by atoms with E-state index in [0.717, 1.165) is 17.7 Å². The minimum Gasteiger partial charge on any atom is -0.337 e. The van der Waals surface area contributed by atoms with Crippen LogP contribution >= 0.6 is 0 Å². The Kier molecular flexibility index (Phi) is 5.59. The lowest BCUT2D eigenvalue weighted by Crippen LogP contribution is -2.02. The first-order valence-electron chi connectivity index (χ1n) is 7.46. The number of hydrogen-bond donors (Lipinski definition) is 0. The number of fused-ring (bicyclic) bond motifs is 1. The van der Waals surface area contributed by atoms with E-state index in [1.165, 1.54) is 16.7 Å². The molecule has 0 radical (unpaired) electrons. The highest BCUT2D eigenvalue weighted by molar-refractivity contribution is 5.72. The third-order valence-electron chi connectivity index (χ3n) is 3.46. The summed E-state index contributed by atoms with van der Waals surface area (Å²) in [5.74, 6) is 0.795. The fraction of sp³-hybridized carbons (Fsp3) is 0.263. The predicted octanol–water partition coefficient (Wildman–Crippen LogP) is 5.05. The number of para-hydroxylation sites is 1. The quantitative estimate of drug-likeness (QED) is 0.717. The number of rotatable bonds is 2. The summed E-state index contributed by atoms with van der Waals surface area (Å²) in [7, 11) is 0. The summed E-state index contributed by atoms with van der Waals surface area (Å²) in [4.78, 5) is 10.7. The lowest BCUT2D eigenvalue weighted by molar-refractivity contribution is -0.197. The lowest BCUT2D eigenvalue weighted by Gasteiger charge is -2.08. The van der Waals surface area contributed by atoms with E-state index in [0.29, 0.717) is 6.61 Å². The van der Waals surface area contributed by atoms with Crippen LogP contribution in [0.25, 0.3) is 5.57 Å². The molecule has 0 aromatic heterocycles. The molecule has 2 heteroatoms.